The average molecular weight is 297 g/mol. The molecule has 0 spiro atoms. The van der Waals surface area contributed by atoms with E-state index in [1.54, 1.807) is 0 Å². The number of hydrogen-bond donors (Lipinski definition) is 1. The number of benzene rings is 1. The van der Waals surface area contributed by atoms with Crippen molar-refractivity contribution >= 4 is 9.84 Å². The largest absolute Gasteiger partial charge is 0.489 e. The molecule has 20 heavy (non-hydrogen) atoms. The van der Waals surface area contributed by atoms with Gasteiger partial charge in [-0.2, -0.15) is 0 Å². The van der Waals surface area contributed by atoms with Gasteiger partial charge in [-0.15, -0.1) is 0 Å². The van der Waals surface area contributed by atoms with Crippen LogP contribution in [0.4, 0.5) is 0 Å². The van der Waals surface area contributed by atoms with E-state index in [-0.39, 0.29) is 23.7 Å². The van der Waals surface area contributed by atoms with Crippen LogP contribution in [-0.4, -0.2) is 32.6 Å². The molecule has 0 bridgehead atoms. The molecule has 1 aromatic rings. The van der Waals surface area contributed by atoms with E-state index in [1.807, 2.05) is 24.3 Å². The maximum atomic E-state index is 11.5. The molecule has 2 rings (SSSR count). The molecule has 112 valence electrons. The number of hydrogen-bond acceptors (Lipinski definition) is 4. The van der Waals surface area contributed by atoms with Gasteiger partial charge in [0.1, 0.15) is 11.9 Å². The molecule has 0 saturated carbocycles. The summed E-state index contributed by atoms with van der Waals surface area (Å²) in [5.74, 6) is 1.17. The number of rotatable bonds is 6. The lowest BCUT2D eigenvalue weighted by Crippen LogP contribution is -2.22. The molecule has 4 nitrogen and oxygen atoms in total. The molecule has 1 heterocycles. The lowest BCUT2D eigenvalue weighted by atomic mass is 10.1. The lowest BCUT2D eigenvalue weighted by Gasteiger charge is -2.20. The first-order valence-electron chi connectivity index (χ1n) is 7.21. The summed E-state index contributed by atoms with van der Waals surface area (Å²) < 4.78 is 28.9. The molecule has 2 atom stereocenters. The van der Waals surface area contributed by atoms with E-state index in [0.29, 0.717) is 6.42 Å². The van der Waals surface area contributed by atoms with Gasteiger partial charge in [0.25, 0.3) is 0 Å². The van der Waals surface area contributed by atoms with E-state index in [9.17, 15) is 8.42 Å². The van der Waals surface area contributed by atoms with Crippen molar-refractivity contribution in [3.8, 4) is 5.75 Å². The monoisotopic (exact) mass is 297 g/mol. The van der Waals surface area contributed by atoms with Crippen LogP contribution in [0.3, 0.4) is 0 Å². The first kappa shape index (κ1) is 15.3. The van der Waals surface area contributed by atoms with Crippen LogP contribution in [0.2, 0.25) is 0 Å². The van der Waals surface area contributed by atoms with E-state index in [1.165, 1.54) is 0 Å². The molecule has 0 amide bonds. The van der Waals surface area contributed by atoms with E-state index in [0.717, 1.165) is 24.3 Å². The van der Waals surface area contributed by atoms with Gasteiger partial charge < -0.3 is 10.1 Å². The molecular weight excluding hydrogens is 274 g/mol. The van der Waals surface area contributed by atoms with Gasteiger partial charge >= 0.3 is 0 Å². The molecular formula is C15H23NO3S. The average Bonchev–Trinajstić information content (AvgIpc) is 2.76. The number of para-hydroxylation sites is 1. The topological polar surface area (TPSA) is 55.4 Å². The third-order valence-electron chi connectivity index (χ3n) is 3.57. The van der Waals surface area contributed by atoms with Gasteiger partial charge in [-0.1, -0.05) is 25.1 Å². The molecule has 1 aliphatic rings. The van der Waals surface area contributed by atoms with Gasteiger partial charge in [0.15, 0.2) is 9.84 Å². The van der Waals surface area contributed by atoms with Crippen LogP contribution in [0.5, 0.6) is 5.75 Å². The van der Waals surface area contributed by atoms with Crippen molar-refractivity contribution in [2.24, 2.45) is 0 Å². The quantitative estimate of drug-likeness (QED) is 0.875. The predicted molar refractivity (Wildman–Crippen MR) is 80.8 cm³/mol. The summed E-state index contributed by atoms with van der Waals surface area (Å²) in [4.78, 5) is 0. The van der Waals surface area contributed by atoms with Crippen LogP contribution in [-0.2, 0) is 9.84 Å². The summed E-state index contributed by atoms with van der Waals surface area (Å²) in [6.45, 7) is 5.18. The first-order valence-corrected chi connectivity index (χ1v) is 9.03. The summed E-state index contributed by atoms with van der Waals surface area (Å²) in [5.41, 5.74) is 1.09. The smallest absolute Gasteiger partial charge is 0.154 e. The molecule has 0 radical (unpaired) electrons. The highest BCUT2D eigenvalue weighted by atomic mass is 32.2. The van der Waals surface area contributed by atoms with Crippen molar-refractivity contribution in [3.63, 3.8) is 0 Å². The third-order valence-corrected chi connectivity index (χ3v) is 5.31. The Morgan fingerprint density at radius 2 is 2.15 bits per heavy atom. The zero-order valence-electron chi connectivity index (χ0n) is 12.1. The van der Waals surface area contributed by atoms with Crippen molar-refractivity contribution in [1.82, 2.24) is 5.32 Å². The fraction of sp³-hybridized carbons (Fsp3) is 0.600. The molecule has 0 aliphatic carbocycles. The Morgan fingerprint density at radius 1 is 1.40 bits per heavy atom. The summed E-state index contributed by atoms with van der Waals surface area (Å²) in [5, 5.41) is 3.43. The number of nitrogens with one attached hydrogen (secondary N) is 1. The molecule has 1 fully saturated rings. The van der Waals surface area contributed by atoms with Crippen LogP contribution >= 0.6 is 0 Å². The van der Waals surface area contributed by atoms with Crippen molar-refractivity contribution in [2.75, 3.05) is 18.1 Å². The maximum Gasteiger partial charge on any atom is 0.154 e. The Balaban J connectivity index is 2.08. The van der Waals surface area contributed by atoms with E-state index < -0.39 is 9.84 Å². The minimum atomic E-state index is -2.90. The highest BCUT2D eigenvalue weighted by molar-refractivity contribution is 7.91. The van der Waals surface area contributed by atoms with Gasteiger partial charge in [-0.05, 0) is 32.4 Å². The van der Waals surface area contributed by atoms with Gasteiger partial charge in [-0.25, -0.2) is 8.42 Å². The van der Waals surface area contributed by atoms with Gasteiger partial charge in [0.2, 0.25) is 0 Å². The lowest BCUT2D eigenvalue weighted by molar-refractivity contribution is 0.225. The second-order valence-electron chi connectivity index (χ2n) is 5.36. The van der Waals surface area contributed by atoms with Crippen molar-refractivity contribution in [3.05, 3.63) is 29.8 Å². The van der Waals surface area contributed by atoms with Crippen LogP contribution in [0.15, 0.2) is 24.3 Å². The fourth-order valence-corrected chi connectivity index (χ4v) is 4.04. The van der Waals surface area contributed by atoms with Crippen molar-refractivity contribution < 1.29 is 13.2 Å². The summed E-state index contributed by atoms with van der Waals surface area (Å²) in [7, 11) is -2.90. The van der Waals surface area contributed by atoms with Crippen LogP contribution in [0, 0.1) is 0 Å². The SMILES string of the molecule is CCCNC(C)c1ccccc1OC1CCS(=O)(=O)C1. The second kappa shape index (κ2) is 6.59. The first-order chi connectivity index (χ1) is 9.52. The normalized spacial score (nSPS) is 22.6. The Kier molecular flexibility index (Phi) is 5.05. The third kappa shape index (κ3) is 3.96. The van der Waals surface area contributed by atoms with Crippen LogP contribution in [0.1, 0.15) is 38.3 Å². The summed E-state index contributed by atoms with van der Waals surface area (Å²) in [6, 6.07) is 8.06. The van der Waals surface area contributed by atoms with Crippen molar-refractivity contribution in [1.29, 1.82) is 0 Å². The van der Waals surface area contributed by atoms with Crippen molar-refractivity contribution in [2.45, 2.75) is 38.8 Å². The molecule has 5 heteroatoms. The molecule has 1 saturated heterocycles. The van der Waals surface area contributed by atoms with Crippen LogP contribution in [0.25, 0.3) is 0 Å². The minimum Gasteiger partial charge on any atom is -0.489 e. The standard InChI is InChI=1S/C15H23NO3S/c1-3-9-16-12(2)14-6-4-5-7-15(14)19-13-8-10-20(17,18)11-13/h4-7,12-13,16H,3,8-11H2,1-2H3. The molecule has 1 aromatic carbocycles. The molecule has 0 aromatic heterocycles. The Bertz CT molecular complexity index is 542. The maximum absolute atomic E-state index is 11.5. The van der Waals surface area contributed by atoms with E-state index in [2.05, 4.69) is 19.2 Å². The van der Waals surface area contributed by atoms with Gasteiger partial charge in [-0.3, -0.25) is 0 Å². The molecule has 2 unspecified atom stereocenters. The predicted octanol–water partition coefficient (Wildman–Crippen LogP) is 2.31. The highest BCUT2D eigenvalue weighted by Gasteiger charge is 2.30. The zero-order chi connectivity index (χ0) is 14.6. The summed E-state index contributed by atoms with van der Waals surface area (Å²) >= 11 is 0. The zero-order valence-corrected chi connectivity index (χ0v) is 12.9. The molecule has 1 N–H and O–H groups in total. The fourth-order valence-electron chi connectivity index (χ4n) is 2.45. The Hall–Kier alpha value is -1.07. The number of ether oxygens (including phenoxy) is 1. The molecule has 1 aliphatic heterocycles. The van der Waals surface area contributed by atoms with E-state index in [4.69, 9.17) is 4.74 Å². The second-order valence-corrected chi connectivity index (χ2v) is 7.59. The minimum absolute atomic E-state index is 0.137. The Labute approximate surface area is 121 Å². The van der Waals surface area contributed by atoms with Gasteiger partial charge in [0, 0.05) is 11.6 Å². The highest BCUT2D eigenvalue weighted by Crippen LogP contribution is 2.28. The number of sulfone groups is 1. The Morgan fingerprint density at radius 3 is 2.80 bits per heavy atom. The summed E-state index contributed by atoms with van der Waals surface area (Å²) in [6.07, 6.45) is 1.46. The van der Waals surface area contributed by atoms with Gasteiger partial charge in [0.05, 0.1) is 11.5 Å². The van der Waals surface area contributed by atoms with E-state index >= 15 is 0 Å². The van der Waals surface area contributed by atoms with Crippen LogP contribution < -0.4 is 10.1 Å².